The number of amides is 1. The Morgan fingerprint density at radius 1 is 0.882 bits per heavy atom. The van der Waals surface area contributed by atoms with Gasteiger partial charge in [-0.15, -0.1) is 0 Å². The van der Waals surface area contributed by atoms with Gasteiger partial charge in [-0.2, -0.15) is 5.10 Å². The average Bonchev–Trinajstić information content (AvgIpc) is 3.78. The Hall–Kier alpha value is -5.43. The Balaban J connectivity index is 0.927. The average molecular weight is 701 g/mol. The van der Waals surface area contributed by atoms with E-state index in [4.69, 9.17) is 9.47 Å². The second-order valence-corrected chi connectivity index (χ2v) is 13.0. The maximum absolute atomic E-state index is 15.0. The van der Waals surface area contributed by atoms with Gasteiger partial charge in [0.15, 0.2) is 0 Å². The first-order valence-electron chi connectivity index (χ1n) is 16.7. The number of halogens is 4. The fourth-order valence-electron chi connectivity index (χ4n) is 6.86. The highest BCUT2D eigenvalue weighted by Crippen LogP contribution is 2.42. The first-order valence-corrected chi connectivity index (χ1v) is 16.7. The van der Waals surface area contributed by atoms with Gasteiger partial charge in [-0.25, -0.2) is 27.2 Å². The first-order chi connectivity index (χ1) is 24.6. The predicted molar refractivity (Wildman–Crippen MR) is 184 cm³/mol. The lowest BCUT2D eigenvalue weighted by molar-refractivity contribution is -0.0206. The van der Waals surface area contributed by atoms with E-state index in [1.54, 1.807) is 23.1 Å². The van der Waals surface area contributed by atoms with Crippen LogP contribution in [0.4, 0.5) is 34.6 Å². The van der Waals surface area contributed by atoms with Crippen LogP contribution in [0.1, 0.15) is 27.9 Å². The number of benzene rings is 4. The number of aromatic nitrogens is 3. The molecule has 5 aromatic rings. The van der Waals surface area contributed by atoms with Gasteiger partial charge in [0.2, 0.25) is 0 Å². The monoisotopic (exact) mass is 700 g/mol. The van der Waals surface area contributed by atoms with Crippen LogP contribution in [0.15, 0.2) is 91.5 Å². The Bertz CT molecular complexity index is 1980. The molecule has 3 heterocycles. The highest BCUT2D eigenvalue weighted by molar-refractivity contribution is 6.04. The van der Waals surface area contributed by atoms with E-state index in [1.807, 2.05) is 31.2 Å². The van der Waals surface area contributed by atoms with Crippen LogP contribution in [0.3, 0.4) is 0 Å². The summed E-state index contributed by atoms with van der Waals surface area (Å²) in [7, 11) is 0. The van der Waals surface area contributed by atoms with Gasteiger partial charge in [-0.3, -0.25) is 4.79 Å². The zero-order valence-electron chi connectivity index (χ0n) is 27.9. The van der Waals surface area contributed by atoms with Crippen molar-refractivity contribution in [3.8, 4) is 5.75 Å². The molecule has 1 aromatic heterocycles. The molecule has 1 amide bonds. The first kappa shape index (κ1) is 34.0. The minimum Gasteiger partial charge on any atom is -0.493 e. The number of carbonyl (C=O) groups excluding carboxylic acids is 1. The Kier molecular flexibility index (Phi) is 9.63. The van der Waals surface area contributed by atoms with Gasteiger partial charge < -0.3 is 24.6 Å². The molecule has 1 N–H and O–H groups in total. The largest absolute Gasteiger partial charge is 0.493 e. The highest BCUT2D eigenvalue weighted by atomic mass is 19.1. The van der Waals surface area contributed by atoms with Crippen molar-refractivity contribution in [2.24, 2.45) is 5.92 Å². The molecule has 0 unspecified atom stereocenters. The number of nitrogens with zero attached hydrogens (tertiary/aromatic N) is 5. The molecule has 0 aliphatic carbocycles. The van der Waals surface area contributed by atoms with E-state index in [0.29, 0.717) is 25.2 Å². The normalized spacial score (nSPS) is 19.0. The lowest BCUT2D eigenvalue weighted by atomic mass is 9.87. The third-order valence-corrected chi connectivity index (χ3v) is 9.41. The topological polar surface area (TPSA) is 84.8 Å². The van der Waals surface area contributed by atoms with Crippen LogP contribution in [-0.2, 0) is 16.9 Å². The van der Waals surface area contributed by atoms with Crippen molar-refractivity contribution >= 4 is 23.0 Å². The maximum atomic E-state index is 15.0. The van der Waals surface area contributed by atoms with E-state index < -0.39 is 34.8 Å². The molecule has 2 atom stereocenters. The lowest BCUT2D eigenvalue weighted by Gasteiger charge is -2.37. The number of carbonyl (C=O) groups is 1. The summed E-state index contributed by atoms with van der Waals surface area (Å²) in [4.78, 5) is 21.2. The summed E-state index contributed by atoms with van der Waals surface area (Å²) in [5.74, 6) is -2.57. The van der Waals surface area contributed by atoms with Crippen molar-refractivity contribution in [1.82, 2.24) is 14.8 Å². The van der Waals surface area contributed by atoms with Gasteiger partial charge in [0.1, 0.15) is 47.3 Å². The molecule has 2 saturated heterocycles. The van der Waals surface area contributed by atoms with Crippen LogP contribution in [0.25, 0.3) is 0 Å². The Labute approximate surface area is 292 Å². The van der Waals surface area contributed by atoms with Crippen molar-refractivity contribution in [1.29, 1.82) is 0 Å². The summed E-state index contributed by atoms with van der Waals surface area (Å²) in [6.07, 6.45) is 3.41. The lowest BCUT2D eigenvalue weighted by Crippen LogP contribution is -2.46. The molecule has 7 rings (SSSR count). The van der Waals surface area contributed by atoms with Gasteiger partial charge in [0.05, 0.1) is 19.8 Å². The van der Waals surface area contributed by atoms with Crippen molar-refractivity contribution in [3.63, 3.8) is 0 Å². The minimum atomic E-state index is -1.04. The quantitative estimate of drug-likeness (QED) is 0.162. The molecule has 2 aliphatic heterocycles. The fourth-order valence-corrected chi connectivity index (χ4v) is 6.86. The van der Waals surface area contributed by atoms with E-state index in [-0.39, 0.29) is 23.7 Å². The van der Waals surface area contributed by atoms with Gasteiger partial charge in [-0.05, 0) is 79.6 Å². The van der Waals surface area contributed by atoms with Crippen LogP contribution in [0, 0.1) is 36.1 Å². The molecule has 0 spiro atoms. The minimum absolute atomic E-state index is 0.0356. The van der Waals surface area contributed by atoms with Crippen molar-refractivity contribution in [2.45, 2.75) is 25.5 Å². The molecule has 9 nitrogen and oxygen atoms in total. The fraction of sp³-hybridized carbons (Fsp3) is 0.289. The summed E-state index contributed by atoms with van der Waals surface area (Å²) in [5.41, 5.74) is 2.73. The molecule has 2 aliphatic rings. The van der Waals surface area contributed by atoms with E-state index in [1.165, 1.54) is 18.5 Å². The van der Waals surface area contributed by atoms with E-state index in [9.17, 15) is 22.4 Å². The Morgan fingerprint density at radius 2 is 1.59 bits per heavy atom. The summed E-state index contributed by atoms with van der Waals surface area (Å²) in [5, 5.41) is 6.71. The van der Waals surface area contributed by atoms with Gasteiger partial charge in [0.25, 0.3) is 5.91 Å². The zero-order valence-corrected chi connectivity index (χ0v) is 27.9. The van der Waals surface area contributed by atoms with E-state index >= 15 is 0 Å². The molecule has 0 saturated carbocycles. The SMILES string of the molecule is Cc1cc(N2CCN(c3ccc(C(=O)Nc4cc(F)cc(F)c4)cc3)CC2)ccc1OC[C@@H]1CO[C@@](Cn2cncn2)(c2ccc(F)cc2F)C1. The standard InChI is InChI=1S/C38H36F4N6O3/c1-25-14-33(47-12-10-46(11-13-47)32-5-2-27(3-6-32)37(49)45-31-16-29(40)15-30(41)17-31)7-9-36(25)50-20-26-19-38(51-21-26,22-48-24-43-23-44-48)34-8-4-28(39)18-35(34)42/h2-9,14-18,23-24,26H,10-13,19-22H2,1H3,(H,45,49)/t26-,38+/m1/s1. The number of anilines is 3. The maximum Gasteiger partial charge on any atom is 0.255 e. The number of rotatable bonds is 10. The van der Waals surface area contributed by atoms with Crippen LogP contribution in [-0.4, -0.2) is 60.1 Å². The van der Waals surface area contributed by atoms with Crippen molar-refractivity contribution in [3.05, 3.63) is 131 Å². The molecule has 2 fully saturated rings. The summed E-state index contributed by atoms with van der Waals surface area (Å²) >= 11 is 0. The van der Waals surface area contributed by atoms with Gasteiger partial charge in [-0.1, -0.05) is 6.07 Å². The van der Waals surface area contributed by atoms with E-state index in [0.717, 1.165) is 73.1 Å². The molecule has 264 valence electrons. The number of piperazine rings is 1. The van der Waals surface area contributed by atoms with Crippen LogP contribution in [0.2, 0.25) is 0 Å². The summed E-state index contributed by atoms with van der Waals surface area (Å²) < 4.78 is 69.8. The van der Waals surface area contributed by atoms with Crippen LogP contribution in [0.5, 0.6) is 5.75 Å². The van der Waals surface area contributed by atoms with Crippen LogP contribution < -0.4 is 19.9 Å². The second-order valence-electron chi connectivity index (χ2n) is 13.0. The van der Waals surface area contributed by atoms with Crippen molar-refractivity contribution in [2.75, 3.05) is 54.5 Å². The molecular formula is C38H36F4N6O3. The van der Waals surface area contributed by atoms with Crippen LogP contribution >= 0.6 is 0 Å². The number of hydrogen-bond donors (Lipinski definition) is 1. The molecule has 51 heavy (non-hydrogen) atoms. The molecule has 0 radical (unpaired) electrons. The van der Waals surface area contributed by atoms with Gasteiger partial charge >= 0.3 is 0 Å². The highest BCUT2D eigenvalue weighted by Gasteiger charge is 2.44. The summed E-state index contributed by atoms with van der Waals surface area (Å²) in [6, 6.07) is 19.7. The molecule has 13 heteroatoms. The number of nitrogens with one attached hydrogen (secondary N) is 1. The van der Waals surface area contributed by atoms with Gasteiger partial charge in [0, 0.05) is 72.4 Å². The van der Waals surface area contributed by atoms with Crippen molar-refractivity contribution < 1.29 is 31.8 Å². The smallest absolute Gasteiger partial charge is 0.255 e. The number of ether oxygens (including phenoxy) is 2. The number of hydrogen-bond acceptors (Lipinski definition) is 7. The zero-order chi connectivity index (χ0) is 35.5. The Morgan fingerprint density at radius 3 is 2.25 bits per heavy atom. The van der Waals surface area contributed by atoms with E-state index in [2.05, 4.69) is 31.3 Å². The number of aryl methyl sites for hydroxylation is 1. The second kappa shape index (κ2) is 14.4. The molecule has 4 aromatic carbocycles. The third kappa shape index (κ3) is 7.68. The predicted octanol–water partition coefficient (Wildman–Crippen LogP) is 6.73. The third-order valence-electron chi connectivity index (χ3n) is 9.41. The molecular weight excluding hydrogens is 664 g/mol. The summed E-state index contributed by atoms with van der Waals surface area (Å²) in [6.45, 7) is 6.09. The molecule has 0 bridgehead atoms.